The molecule has 3 rings (SSSR count). The lowest BCUT2D eigenvalue weighted by Gasteiger charge is -2.40. The van der Waals surface area contributed by atoms with Crippen molar-refractivity contribution in [2.75, 3.05) is 49.1 Å². The quantitative estimate of drug-likeness (QED) is 0.770. The van der Waals surface area contributed by atoms with Crippen molar-refractivity contribution in [2.45, 2.75) is 32.4 Å². The van der Waals surface area contributed by atoms with Gasteiger partial charge in [0.2, 0.25) is 5.91 Å². The third-order valence-electron chi connectivity index (χ3n) is 5.61. The molecule has 0 bridgehead atoms. The van der Waals surface area contributed by atoms with Crippen molar-refractivity contribution < 1.29 is 13.2 Å². The van der Waals surface area contributed by atoms with E-state index in [2.05, 4.69) is 21.9 Å². The zero-order valence-electron chi connectivity index (χ0n) is 15.7. The van der Waals surface area contributed by atoms with Crippen LogP contribution in [0.3, 0.4) is 0 Å². The fraction of sp³-hybridized carbons (Fsp3) is 0.632. The van der Waals surface area contributed by atoms with Crippen LogP contribution in [0.4, 0.5) is 5.69 Å². The topological polar surface area (TPSA) is 60.9 Å². The monoisotopic (exact) mass is 379 g/mol. The van der Waals surface area contributed by atoms with Gasteiger partial charge in [0.1, 0.15) is 0 Å². The Hall–Kier alpha value is -1.60. The number of rotatable bonds is 5. The van der Waals surface area contributed by atoms with Gasteiger partial charge in [0.25, 0.3) is 0 Å². The molecule has 7 heteroatoms. The third kappa shape index (κ3) is 4.20. The molecule has 0 spiro atoms. The molecule has 2 fully saturated rings. The average molecular weight is 380 g/mol. The molecular weight excluding hydrogens is 350 g/mol. The van der Waals surface area contributed by atoms with Crippen LogP contribution in [0.25, 0.3) is 0 Å². The lowest BCUT2D eigenvalue weighted by Crippen LogP contribution is -2.56. The van der Waals surface area contributed by atoms with Gasteiger partial charge >= 0.3 is 0 Å². The van der Waals surface area contributed by atoms with Crippen LogP contribution in [-0.4, -0.2) is 80.4 Å². The lowest BCUT2D eigenvalue weighted by atomic mass is 10.1. The van der Waals surface area contributed by atoms with Crippen LogP contribution in [0.2, 0.25) is 0 Å². The Labute approximate surface area is 156 Å². The molecule has 2 aliphatic heterocycles. The molecule has 0 aliphatic carbocycles. The van der Waals surface area contributed by atoms with E-state index in [9.17, 15) is 13.2 Å². The highest BCUT2D eigenvalue weighted by Crippen LogP contribution is 2.21. The second-order valence-corrected chi connectivity index (χ2v) is 9.44. The molecule has 144 valence electrons. The number of sulfone groups is 1. The Morgan fingerprint density at radius 2 is 1.85 bits per heavy atom. The van der Waals surface area contributed by atoms with Crippen LogP contribution in [-0.2, 0) is 14.6 Å². The van der Waals surface area contributed by atoms with E-state index in [0.717, 1.165) is 26.2 Å². The molecule has 2 saturated heterocycles. The summed E-state index contributed by atoms with van der Waals surface area (Å²) in [5, 5.41) is 0. The summed E-state index contributed by atoms with van der Waals surface area (Å²) in [5.74, 6) is 0.370. The summed E-state index contributed by atoms with van der Waals surface area (Å²) in [6.45, 7) is 7.91. The SMILES string of the molecule is CCN(C(=O)[C@H](C)N1CCN(c2ccccc2)CC1)[C@H]1CCS(=O)(=O)C1. The first-order valence-corrected chi connectivity index (χ1v) is 11.3. The van der Waals surface area contributed by atoms with Gasteiger partial charge in [-0.25, -0.2) is 8.42 Å². The number of hydrogen-bond donors (Lipinski definition) is 0. The maximum atomic E-state index is 13.0. The first-order valence-electron chi connectivity index (χ1n) is 9.46. The minimum Gasteiger partial charge on any atom is -0.369 e. The fourth-order valence-electron chi connectivity index (χ4n) is 4.02. The van der Waals surface area contributed by atoms with Crippen molar-refractivity contribution >= 4 is 21.4 Å². The van der Waals surface area contributed by atoms with Crippen molar-refractivity contribution in [1.29, 1.82) is 0 Å². The number of piperazine rings is 1. The number of nitrogens with zero attached hydrogens (tertiary/aromatic N) is 3. The van der Waals surface area contributed by atoms with Gasteiger partial charge in [0.05, 0.1) is 17.5 Å². The van der Waals surface area contributed by atoms with Gasteiger partial charge in [0.15, 0.2) is 9.84 Å². The molecule has 0 N–H and O–H groups in total. The third-order valence-corrected chi connectivity index (χ3v) is 7.36. The Bertz CT molecular complexity index is 715. The molecule has 0 unspecified atom stereocenters. The molecule has 0 radical (unpaired) electrons. The van der Waals surface area contributed by atoms with Gasteiger partial charge in [-0.2, -0.15) is 0 Å². The second kappa shape index (κ2) is 7.96. The van der Waals surface area contributed by atoms with Gasteiger partial charge in [-0.1, -0.05) is 18.2 Å². The van der Waals surface area contributed by atoms with E-state index in [1.165, 1.54) is 5.69 Å². The lowest BCUT2D eigenvalue weighted by molar-refractivity contribution is -0.138. The first-order chi connectivity index (χ1) is 12.4. The van der Waals surface area contributed by atoms with Crippen molar-refractivity contribution in [1.82, 2.24) is 9.80 Å². The molecule has 2 aliphatic rings. The van der Waals surface area contributed by atoms with Gasteiger partial charge < -0.3 is 9.80 Å². The maximum Gasteiger partial charge on any atom is 0.239 e. The number of amides is 1. The highest BCUT2D eigenvalue weighted by molar-refractivity contribution is 7.91. The molecular formula is C19H29N3O3S. The molecule has 1 amide bonds. The van der Waals surface area contributed by atoms with E-state index in [4.69, 9.17) is 0 Å². The summed E-state index contributed by atoms with van der Waals surface area (Å²) in [4.78, 5) is 19.3. The smallest absolute Gasteiger partial charge is 0.239 e. The summed E-state index contributed by atoms with van der Waals surface area (Å²) >= 11 is 0. The zero-order valence-corrected chi connectivity index (χ0v) is 16.5. The molecule has 1 aromatic carbocycles. The van der Waals surface area contributed by atoms with Crippen LogP contribution >= 0.6 is 0 Å². The summed E-state index contributed by atoms with van der Waals surface area (Å²) in [6.07, 6.45) is 0.566. The van der Waals surface area contributed by atoms with Gasteiger partial charge in [-0.3, -0.25) is 9.69 Å². The number of para-hydroxylation sites is 1. The van der Waals surface area contributed by atoms with Crippen LogP contribution in [0.15, 0.2) is 30.3 Å². The number of carbonyl (C=O) groups excluding carboxylic acids is 1. The van der Waals surface area contributed by atoms with E-state index >= 15 is 0 Å². The van der Waals surface area contributed by atoms with Gasteiger partial charge in [0, 0.05) is 44.5 Å². The van der Waals surface area contributed by atoms with E-state index in [-0.39, 0.29) is 29.5 Å². The predicted octanol–water partition coefficient (Wildman–Crippen LogP) is 1.23. The van der Waals surface area contributed by atoms with Crippen LogP contribution < -0.4 is 4.90 Å². The summed E-state index contributed by atoms with van der Waals surface area (Å²) in [7, 11) is -2.99. The Balaban J connectivity index is 1.58. The van der Waals surface area contributed by atoms with Crippen molar-refractivity contribution in [3.8, 4) is 0 Å². The maximum absolute atomic E-state index is 13.0. The molecule has 0 aromatic heterocycles. The largest absolute Gasteiger partial charge is 0.369 e. The van der Waals surface area contributed by atoms with Gasteiger partial charge in [-0.05, 0) is 32.4 Å². The van der Waals surface area contributed by atoms with E-state index < -0.39 is 9.84 Å². The molecule has 0 saturated carbocycles. The van der Waals surface area contributed by atoms with E-state index in [1.807, 2.05) is 32.0 Å². The number of hydrogen-bond acceptors (Lipinski definition) is 5. The second-order valence-electron chi connectivity index (χ2n) is 7.22. The molecule has 2 heterocycles. The Morgan fingerprint density at radius 3 is 2.38 bits per heavy atom. The minimum atomic E-state index is -2.99. The number of carbonyl (C=O) groups is 1. The highest BCUT2D eigenvalue weighted by atomic mass is 32.2. The minimum absolute atomic E-state index is 0.0581. The Morgan fingerprint density at radius 1 is 1.19 bits per heavy atom. The number of anilines is 1. The molecule has 26 heavy (non-hydrogen) atoms. The fourth-order valence-corrected chi connectivity index (χ4v) is 5.75. The normalized spacial score (nSPS) is 24.4. The predicted molar refractivity (Wildman–Crippen MR) is 104 cm³/mol. The molecule has 2 atom stereocenters. The van der Waals surface area contributed by atoms with Crippen LogP contribution in [0.1, 0.15) is 20.3 Å². The van der Waals surface area contributed by atoms with Gasteiger partial charge in [-0.15, -0.1) is 0 Å². The molecule has 1 aromatic rings. The van der Waals surface area contributed by atoms with Crippen LogP contribution in [0, 0.1) is 0 Å². The van der Waals surface area contributed by atoms with Crippen molar-refractivity contribution in [3.63, 3.8) is 0 Å². The summed E-state index contributed by atoms with van der Waals surface area (Å²) in [6, 6.07) is 9.96. The van der Waals surface area contributed by atoms with Crippen molar-refractivity contribution in [3.05, 3.63) is 30.3 Å². The number of likely N-dealkylation sites (N-methyl/N-ethyl adjacent to an activating group) is 1. The average Bonchev–Trinajstić information content (AvgIpc) is 3.02. The first kappa shape index (κ1) is 19.2. The Kier molecular flexibility index (Phi) is 5.87. The zero-order chi connectivity index (χ0) is 18.7. The summed E-state index contributed by atoms with van der Waals surface area (Å²) < 4.78 is 23.5. The summed E-state index contributed by atoms with van der Waals surface area (Å²) in [5.41, 5.74) is 1.22. The highest BCUT2D eigenvalue weighted by Gasteiger charge is 2.37. The van der Waals surface area contributed by atoms with E-state index in [0.29, 0.717) is 13.0 Å². The molecule has 6 nitrogen and oxygen atoms in total. The standard InChI is InChI=1S/C19H29N3O3S/c1-3-22(18-9-14-26(24,25)15-18)19(23)16(2)20-10-12-21(13-11-20)17-7-5-4-6-8-17/h4-8,16,18H,3,9-15H2,1-2H3/t16-,18-/m0/s1. The number of benzene rings is 1. The van der Waals surface area contributed by atoms with E-state index in [1.54, 1.807) is 4.90 Å². The van der Waals surface area contributed by atoms with Crippen molar-refractivity contribution in [2.24, 2.45) is 0 Å². The van der Waals surface area contributed by atoms with Crippen LogP contribution in [0.5, 0.6) is 0 Å².